The van der Waals surface area contributed by atoms with Crippen LogP contribution in [0.1, 0.15) is 38.5 Å². The molecule has 5 heteroatoms. The van der Waals surface area contributed by atoms with E-state index in [0.29, 0.717) is 12.1 Å². The topological polar surface area (TPSA) is 48.4 Å². The number of piperidine rings is 1. The minimum absolute atomic E-state index is 0.125. The average Bonchev–Trinajstić information content (AvgIpc) is 2.63. The van der Waals surface area contributed by atoms with Gasteiger partial charge in [-0.05, 0) is 49.9 Å². The number of nitrogens with one attached hydrogen (secondary N) is 1. The summed E-state index contributed by atoms with van der Waals surface area (Å²) < 4.78 is 1.08. The molecule has 2 atom stereocenters. The predicted octanol–water partition coefficient (Wildman–Crippen LogP) is 4.18. The van der Waals surface area contributed by atoms with Gasteiger partial charge in [0.15, 0.2) is 0 Å². The lowest BCUT2D eigenvalue weighted by atomic mass is 9.89. The van der Waals surface area contributed by atoms with Gasteiger partial charge in [-0.3, -0.25) is 9.88 Å². The van der Waals surface area contributed by atoms with Crippen molar-refractivity contribution in [1.82, 2.24) is 9.88 Å². The standard InChI is InChI=1S/C20H26BrN3O/c21-14-5-6-17-16(13-14)18(7-10-22-17)23-15-8-11-24(12-9-15)19-3-1-2-4-20(19)25/h5-7,10,13,15,19-20,25H,1-4,8-9,11-12H2,(H,22,23). The summed E-state index contributed by atoms with van der Waals surface area (Å²) in [5.74, 6) is 0. The van der Waals surface area contributed by atoms with Crippen LogP contribution in [0.15, 0.2) is 34.9 Å². The van der Waals surface area contributed by atoms with E-state index < -0.39 is 0 Å². The van der Waals surface area contributed by atoms with Gasteiger partial charge in [0.25, 0.3) is 0 Å². The number of aromatic nitrogens is 1. The molecule has 0 radical (unpaired) electrons. The van der Waals surface area contributed by atoms with Crippen molar-refractivity contribution in [2.75, 3.05) is 18.4 Å². The molecule has 0 bridgehead atoms. The van der Waals surface area contributed by atoms with E-state index in [0.717, 1.165) is 48.8 Å². The molecule has 1 aromatic heterocycles. The van der Waals surface area contributed by atoms with Crippen molar-refractivity contribution in [2.45, 2.75) is 56.7 Å². The fourth-order valence-electron chi connectivity index (χ4n) is 4.36. The lowest BCUT2D eigenvalue weighted by Crippen LogP contribution is -2.50. The van der Waals surface area contributed by atoms with E-state index in [2.05, 4.69) is 49.3 Å². The third-order valence-corrected chi connectivity index (χ3v) is 6.25. The van der Waals surface area contributed by atoms with E-state index >= 15 is 0 Å². The van der Waals surface area contributed by atoms with Crippen LogP contribution in [0.4, 0.5) is 5.69 Å². The van der Waals surface area contributed by atoms with Gasteiger partial charge in [-0.1, -0.05) is 28.8 Å². The molecule has 0 amide bonds. The zero-order valence-corrected chi connectivity index (χ0v) is 16.1. The smallest absolute Gasteiger partial charge is 0.0723 e. The summed E-state index contributed by atoms with van der Waals surface area (Å²) in [6, 6.07) is 9.17. The lowest BCUT2D eigenvalue weighted by molar-refractivity contribution is 0.00994. The Morgan fingerprint density at radius 1 is 1.08 bits per heavy atom. The molecule has 2 N–H and O–H groups in total. The Balaban J connectivity index is 1.41. The SMILES string of the molecule is OC1CCCCC1N1CCC(Nc2ccnc3ccc(Br)cc23)CC1. The first-order valence-corrected chi connectivity index (χ1v) is 10.2. The van der Waals surface area contributed by atoms with Crippen LogP contribution < -0.4 is 5.32 Å². The van der Waals surface area contributed by atoms with E-state index in [1.165, 1.54) is 23.9 Å². The molecule has 2 unspecified atom stereocenters. The Morgan fingerprint density at radius 2 is 1.88 bits per heavy atom. The number of fused-ring (bicyclic) bond motifs is 1. The maximum absolute atomic E-state index is 10.3. The van der Waals surface area contributed by atoms with Crippen LogP contribution in [0.2, 0.25) is 0 Å². The molecule has 2 fully saturated rings. The second-order valence-electron chi connectivity index (χ2n) is 7.39. The summed E-state index contributed by atoms with van der Waals surface area (Å²) in [5, 5.41) is 15.2. The number of pyridine rings is 1. The fraction of sp³-hybridized carbons (Fsp3) is 0.550. The third kappa shape index (κ3) is 3.83. The Kier molecular flexibility index (Phi) is 5.25. The largest absolute Gasteiger partial charge is 0.391 e. The summed E-state index contributed by atoms with van der Waals surface area (Å²) in [6.45, 7) is 2.15. The first-order chi connectivity index (χ1) is 12.2. The fourth-order valence-corrected chi connectivity index (χ4v) is 4.72. The normalized spacial score (nSPS) is 26.0. The number of anilines is 1. The maximum atomic E-state index is 10.3. The molecule has 1 saturated heterocycles. The molecule has 134 valence electrons. The molecular formula is C20H26BrN3O. The lowest BCUT2D eigenvalue weighted by Gasteiger charge is -2.41. The number of aliphatic hydroxyl groups excluding tert-OH is 1. The highest BCUT2D eigenvalue weighted by Crippen LogP contribution is 2.29. The Morgan fingerprint density at radius 3 is 2.68 bits per heavy atom. The predicted molar refractivity (Wildman–Crippen MR) is 106 cm³/mol. The van der Waals surface area contributed by atoms with Crippen LogP contribution in [-0.2, 0) is 0 Å². The molecular weight excluding hydrogens is 378 g/mol. The van der Waals surface area contributed by atoms with Crippen LogP contribution in [0.5, 0.6) is 0 Å². The molecule has 1 saturated carbocycles. The summed E-state index contributed by atoms with van der Waals surface area (Å²) in [4.78, 5) is 6.98. The first kappa shape index (κ1) is 17.3. The zero-order valence-electron chi connectivity index (χ0n) is 14.5. The number of nitrogens with zero attached hydrogens (tertiary/aromatic N) is 2. The Bertz CT molecular complexity index is 730. The van der Waals surface area contributed by atoms with Crippen LogP contribution in [0, 0.1) is 0 Å². The quantitative estimate of drug-likeness (QED) is 0.806. The van der Waals surface area contributed by atoms with Crippen LogP contribution in [0.25, 0.3) is 10.9 Å². The summed E-state index contributed by atoms with van der Waals surface area (Å²) in [7, 11) is 0. The Labute approximate surface area is 157 Å². The highest BCUT2D eigenvalue weighted by atomic mass is 79.9. The van der Waals surface area contributed by atoms with E-state index in [9.17, 15) is 5.11 Å². The highest BCUT2D eigenvalue weighted by Gasteiger charge is 2.31. The monoisotopic (exact) mass is 403 g/mol. The van der Waals surface area contributed by atoms with E-state index in [1.54, 1.807) is 0 Å². The van der Waals surface area contributed by atoms with Gasteiger partial charge in [0.1, 0.15) is 0 Å². The molecule has 2 heterocycles. The minimum atomic E-state index is -0.125. The van der Waals surface area contributed by atoms with Gasteiger partial charge in [-0.2, -0.15) is 0 Å². The van der Waals surface area contributed by atoms with Gasteiger partial charge >= 0.3 is 0 Å². The van der Waals surface area contributed by atoms with E-state index in [-0.39, 0.29) is 6.10 Å². The van der Waals surface area contributed by atoms with Crippen molar-refractivity contribution in [1.29, 1.82) is 0 Å². The van der Waals surface area contributed by atoms with Crippen LogP contribution in [0.3, 0.4) is 0 Å². The van der Waals surface area contributed by atoms with Crippen LogP contribution >= 0.6 is 15.9 Å². The number of rotatable bonds is 3. The highest BCUT2D eigenvalue weighted by molar-refractivity contribution is 9.10. The molecule has 2 aromatic rings. The van der Waals surface area contributed by atoms with Gasteiger partial charge in [-0.25, -0.2) is 0 Å². The van der Waals surface area contributed by atoms with Crippen molar-refractivity contribution < 1.29 is 5.11 Å². The summed E-state index contributed by atoms with van der Waals surface area (Å²) >= 11 is 3.56. The number of likely N-dealkylation sites (tertiary alicyclic amines) is 1. The molecule has 1 aliphatic heterocycles. The number of benzene rings is 1. The molecule has 4 rings (SSSR count). The zero-order chi connectivity index (χ0) is 17.2. The Hall–Kier alpha value is -1.17. The van der Waals surface area contributed by atoms with E-state index in [1.807, 2.05) is 12.3 Å². The van der Waals surface area contributed by atoms with Crippen molar-refractivity contribution in [3.8, 4) is 0 Å². The molecule has 25 heavy (non-hydrogen) atoms. The summed E-state index contributed by atoms with van der Waals surface area (Å²) in [5.41, 5.74) is 2.19. The number of halogens is 1. The minimum Gasteiger partial charge on any atom is -0.391 e. The third-order valence-electron chi connectivity index (χ3n) is 5.76. The van der Waals surface area contributed by atoms with Gasteiger partial charge in [0, 0.05) is 46.9 Å². The van der Waals surface area contributed by atoms with Crippen LogP contribution in [-0.4, -0.2) is 46.3 Å². The van der Waals surface area contributed by atoms with Crippen molar-refractivity contribution in [3.63, 3.8) is 0 Å². The molecule has 0 spiro atoms. The van der Waals surface area contributed by atoms with Gasteiger partial charge in [-0.15, -0.1) is 0 Å². The van der Waals surface area contributed by atoms with Crippen molar-refractivity contribution >= 4 is 32.5 Å². The second kappa shape index (κ2) is 7.60. The number of hydrogen-bond donors (Lipinski definition) is 2. The van der Waals surface area contributed by atoms with E-state index in [4.69, 9.17) is 0 Å². The number of aliphatic hydroxyl groups is 1. The molecule has 2 aliphatic rings. The summed E-state index contributed by atoms with van der Waals surface area (Å²) in [6.07, 6.45) is 8.58. The molecule has 4 nitrogen and oxygen atoms in total. The van der Waals surface area contributed by atoms with Gasteiger partial charge in [0.05, 0.1) is 11.6 Å². The maximum Gasteiger partial charge on any atom is 0.0723 e. The molecule has 1 aliphatic carbocycles. The van der Waals surface area contributed by atoms with Crippen molar-refractivity contribution in [3.05, 3.63) is 34.9 Å². The molecule has 1 aromatic carbocycles. The van der Waals surface area contributed by atoms with Crippen molar-refractivity contribution in [2.24, 2.45) is 0 Å². The average molecular weight is 404 g/mol. The number of hydrogen-bond acceptors (Lipinski definition) is 4. The first-order valence-electron chi connectivity index (χ1n) is 9.43. The van der Waals surface area contributed by atoms with Gasteiger partial charge < -0.3 is 10.4 Å². The second-order valence-corrected chi connectivity index (χ2v) is 8.31. The van der Waals surface area contributed by atoms with Gasteiger partial charge in [0.2, 0.25) is 0 Å².